The average molecular weight is 757 g/mol. The molecule has 2 heterocycles. The molecule has 2 fully saturated rings. The molecule has 5 atom stereocenters. The molecule has 0 aromatic heterocycles. The second-order valence-corrected chi connectivity index (χ2v) is 17.2. The molecule has 2 aliphatic rings. The van der Waals surface area contributed by atoms with Crippen LogP contribution in [-0.4, -0.2) is 102 Å². The number of hydrogen-bond donors (Lipinski definition) is 3. The standard InChI is InChI=1S/C44H64N6O5/c1-29(2)35(48(10)42(55)37(43(4,5)6)47-39(52)36(45-9)44(7,8)32-21-15-12-16-22-32)27-30(3)40(53)50-26-18-24-34(50)41(54)49-25-17-23-33(49)38(51)46-28-31-19-13-11-14-20-31/h11-16,19-22,27,29,33-37,45H,17-18,23-26,28H2,1-10H3,(H,46,51)(H,47,52)/b30-27+/t33-,34-,35-,36-,37-/m1/s1. The van der Waals surface area contributed by atoms with Crippen molar-refractivity contribution in [1.29, 1.82) is 0 Å². The summed E-state index contributed by atoms with van der Waals surface area (Å²) in [5, 5.41) is 9.27. The van der Waals surface area contributed by atoms with Crippen molar-refractivity contribution < 1.29 is 24.0 Å². The van der Waals surface area contributed by atoms with E-state index in [1.165, 1.54) is 0 Å². The summed E-state index contributed by atoms with van der Waals surface area (Å²) >= 11 is 0. The highest BCUT2D eigenvalue weighted by atomic mass is 16.2. The van der Waals surface area contributed by atoms with Gasteiger partial charge in [-0.25, -0.2) is 0 Å². The smallest absolute Gasteiger partial charge is 0.249 e. The molecule has 4 rings (SSSR count). The third kappa shape index (κ3) is 10.2. The molecule has 11 nitrogen and oxygen atoms in total. The molecular weight excluding hydrogens is 693 g/mol. The van der Waals surface area contributed by atoms with Crippen molar-refractivity contribution in [3.8, 4) is 0 Å². The molecule has 2 aromatic carbocycles. The number of amides is 5. The Labute approximate surface area is 328 Å². The first kappa shape index (κ1) is 43.2. The van der Waals surface area contributed by atoms with Gasteiger partial charge in [0.05, 0.1) is 12.1 Å². The Kier molecular flexibility index (Phi) is 14.5. The maximum atomic E-state index is 14.4. The Bertz CT molecular complexity index is 1680. The van der Waals surface area contributed by atoms with Crippen LogP contribution in [0.2, 0.25) is 0 Å². The SMILES string of the molecule is CN[C@H](C(=O)N[C@H](C(=O)N(C)[C@H](/C=C(\C)C(=O)N1CCC[C@@H]1C(=O)N1CCC[C@@H]1C(=O)NCc1ccccc1)C(C)C)C(C)(C)C)C(C)(C)c1ccccc1. The van der Waals surface area contributed by atoms with Gasteiger partial charge in [-0.2, -0.15) is 0 Å². The maximum absolute atomic E-state index is 14.4. The Morgan fingerprint density at radius 1 is 0.836 bits per heavy atom. The van der Waals surface area contributed by atoms with E-state index >= 15 is 0 Å². The molecule has 2 aromatic rings. The molecule has 2 saturated heterocycles. The first-order valence-corrected chi connectivity index (χ1v) is 19.8. The van der Waals surface area contributed by atoms with Crippen LogP contribution >= 0.6 is 0 Å². The van der Waals surface area contributed by atoms with E-state index in [2.05, 4.69) is 16.0 Å². The number of rotatable bonds is 14. The van der Waals surface area contributed by atoms with E-state index in [1.54, 1.807) is 35.7 Å². The fourth-order valence-corrected chi connectivity index (χ4v) is 8.05. The molecule has 0 radical (unpaired) electrons. The Morgan fingerprint density at radius 3 is 1.96 bits per heavy atom. The zero-order chi connectivity index (χ0) is 40.7. The van der Waals surface area contributed by atoms with Gasteiger partial charge in [0, 0.05) is 37.7 Å². The summed E-state index contributed by atoms with van der Waals surface area (Å²) in [7, 11) is 3.47. The highest BCUT2D eigenvalue weighted by Crippen LogP contribution is 2.30. The van der Waals surface area contributed by atoms with Crippen LogP contribution in [0, 0.1) is 11.3 Å². The molecule has 55 heavy (non-hydrogen) atoms. The number of likely N-dealkylation sites (N-methyl/N-ethyl adjacent to an activating group) is 2. The normalized spacial score (nSPS) is 19.5. The molecule has 5 amide bonds. The van der Waals surface area contributed by atoms with Crippen molar-refractivity contribution in [2.24, 2.45) is 11.3 Å². The zero-order valence-corrected chi connectivity index (χ0v) is 34.6. The van der Waals surface area contributed by atoms with Crippen LogP contribution in [0.25, 0.3) is 0 Å². The fraction of sp³-hybridized carbons (Fsp3) is 0.568. The van der Waals surface area contributed by atoms with E-state index in [0.29, 0.717) is 44.5 Å². The monoisotopic (exact) mass is 756 g/mol. The van der Waals surface area contributed by atoms with E-state index in [-0.39, 0.29) is 35.5 Å². The van der Waals surface area contributed by atoms with Gasteiger partial charge in [0.2, 0.25) is 29.5 Å². The predicted molar refractivity (Wildman–Crippen MR) is 217 cm³/mol. The predicted octanol–water partition coefficient (Wildman–Crippen LogP) is 4.81. The van der Waals surface area contributed by atoms with E-state index in [1.807, 2.05) is 115 Å². The minimum atomic E-state index is -0.850. The van der Waals surface area contributed by atoms with Crippen LogP contribution in [0.1, 0.15) is 92.2 Å². The summed E-state index contributed by atoms with van der Waals surface area (Å²) in [6.07, 6.45) is 4.33. The van der Waals surface area contributed by atoms with E-state index in [4.69, 9.17) is 0 Å². The van der Waals surface area contributed by atoms with Crippen molar-refractivity contribution in [3.63, 3.8) is 0 Å². The third-order valence-corrected chi connectivity index (χ3v) is 11.4. The number of nitrogens with zero attached hydrogens (tertiary/aromatic N) is 3. The topological polar surface area (TPSA) is 131 Å². The number of likely N-dealkylation sites (tertiary alicyclic amines) is 2. The van der Waals surface area contributed by atoms with Gasteiger partial charge in [0.1, 0.15) is 18.1 Å². The van der Waals surface area contributed by atoms with Crippen molar-refractivity contribution in [2.75, 3.05) is 27.2 Å². The van der Waals surface area contributed by atoms with Crippen LogP contribution in [-0.2, 0) is 35.9 Å². The van der Waals surface area contributed by atoms with Crippen molar-refractivity contribution in [2.45, 2.75) is 123 Å². The lowest BCUT2D eigenvalue weighted by molar-refractivity contribution is -0.145. The van der Waals surface area contributed by atoms with Gasteiger partial charge in [-0.15, -0.1) is 0 Å². The molecule has 0 bridgehead atoms. The number of carbonyl (C=O) groups is 5. The number of carbonyl (C=O) groups excluding carboxylic acids is 5. The lowest BCUT2D eigenvalue weighted by Crippen LogP contribution is -2.61. The van der Waals surface area contributed by atoms with Gasteiger partial charge in [0.15, 0.2) is 0 Å². The summed E-state index contributed by atoms with van der Waals surface area (Å²) < 4.78 is 0. The highest BCUT2D eigenvalue weighted by molar-refractivity contribution is 5.98. The Morgan fingerprint density at radius 2 is 1.40 bits per heavy atom. The van der Waals surface area contributed by atoms with Gasteiger partial charge in [-0.1, -0.05) is 115 Å². The van der Waals surface area contributed by atoms with Crippen LogP contribution in [0.3, 0.4) is 0 Å². The molecule has 300 valence electrons. The summed E-state index contributed by atoms with van der Waals surface area (Å²) in [6.45, 7) is 16.8. The minimum absolute atomic E-state index is 0.0640. The second kappa shape index (κ2) is 18.4. The lowest BCUT2D eigenvalue weighted by Gasteiger charge is -2.40. The zero-order valence-electron chi connectivity index (χ0n) is 34.6. The van der Waals surface area contributed by atoms with Crippen LogP contribution in [0.5, 0.6) is 0 Å². The van der Waals surface area contributed by atoms with Crippen LogP contribution < -0.4 is 16.0 Å². The van der Waals surface area contributed by atoms with Gasteiger partial charge >= 0.3 is 0 Å². The van der Waals surface area contributed by atoms with Crippen molar-refractivity contribution in [3.05, 3.63) is 83.4 Å². The van der Waals surface area contributed by atoms with E-state index in [0.717, 1.165) is 17.5 Å². The minimum Gasteiger partial charge on any atom is -0.350 e. The quantitative estimate of drug-likeness (QED) is 0.238. The van der Waals surface area contributed by atoms with Crippen LogP contribution in [0.4, 0.5) is 0 Å². The molecule has 0 saturated carbocycles. The third-order valence-electron chi connectivity index (χ3n) is 11.4. The molecular formula is C44H64N6O5. The van der Waals surface area contributed by atoms with Gasteiger partial charge in [-0.05, 0) is 62.1 Å². The second-order valence-electron chi connectivity index (χ2n) is 17.2. The highest BCUT2D eigenvalue weighted by Gasteiger charge is 2.44. The van der Waals surface area contributed by atoms with Crippen molar-refractivity contribution >= 4 is 29.5 Å². The number of hydrogen-bond acceptors (Lipinski definition) is 6. The van der Waals surface area contributed by atoms with Crippen LogP contribution in [0.15, 0.2) is 72.3 Å². The molecule has 2 aliphatic heterocycles. The summed E-state index contributed by atoms with van der Waals surface area (Å²) in [5.74, 6) is -1.23. The summed E-state index contributed by atoms with van der Waals surface area (Å²) in [4.78, 5) is 74.6. The van der Waals surface area contributed by atoms with E-state index < -0.39 is 41.0 Å². The molecule has 0 spiro atoms. The van der Waals surface area contributed by atoms with Crippen molar-refractivity contribution in [1.82, 2.24) is 30.7 Å². The molecule has 3 N–H and O–H groups in total. The van der Waals surface area contributed by atoms with Gasteiger partial charge < -0.3 is 30.7 Å². The first-order valence-electron chi connectivity index (χ1n) is 19.8. The number of benzene rings is 2. The average Bonchev–Trinajstić information content (AvgIpc) is 3.85. The van der Waals surface area contributed by atoms with Gasteiger partial charge in [-0.3, -0.25) is 24.0 Å². The van der Waals surface area contributed by atoms with Gasteiger partial charge in [0.25, 0.3) is 0 Å². The fourth-order valence-electron chi connectivity index (χ4n) is 8.05. The largest absolute Gasteiger partial charge is 0.350 e. The lowest BCUT2D eigenvalue weighted by atomic mass is 9.76. The maximum Gasteiger partial charge on any atom is 0.249 e. The molecule has 0 aliphatic carbocycles. The number of nitrogens with one attached hydrogen (secondary N) is 3. The Balaban J connectivity index is 1.48. The van der Waals surface area contributed by atoms with E-state index in [9.17, 15) is 24.0 Å². The first-order chi connectivity index (χ1) is 25.9. The molecule has 11 heteroatoms. The molecule has 0 unspecified atom stereocenters. The Hall–Kier alpha value is -4.51. The summed E-state index contributed by atoms with van der Waals surface area (Å²) in [5.41, 5.74) is 1.22. The summed E-state index contributed by atoms with van der Waals surface area (Å²) in [6, 6.07) is 16.3.